The van der Waals surface area contributed by atoms with Crippen LogP contribution in [0.1, 0.15) is 24.5 Å². The summed E-state index contributed by atoms with van der Waals surface area (Å²) in [6.07, 6.45) is 0.832. The molecular formula is C20H24ClNO3. The Morgan fingerprint density at radius 2 is 1.84 bits per heavy atom. The molecule has 0 heterocycles. The second-order valence-electron chi connectivity index (χ2n) is 5.81. The van der Waals surface area contributed by atoms with Crippen LogP contribution in [0.15, 0.2) is 42.5 Å². The number of carbonyl (C=O) groups is 1. The summed E-state index contributed by atoms with van der Waals surface area (Å²) < 4.78 is 10.9. The lowest BCUT2D eigenvalue weighted by Gasteiger charge is -2.18. The molecule has 1 atom stereocenters. The number of ether oxygens (including phenoxy) is 2. The van der Waals surface area contributed by atoms with Crippen LogP contribution in [0.4, 0.5) is 0 Å². The van der Waals surface area contributed by atoms with Gasteiger partial charge in [0.25, 0.3) is 5.91 Å². The molecule has 5 heteroatoms. The fourth-order valence-corrected chi connectivity index (χ4v) is 2.53. The van der Waals surface area contributed by atoms with Gasteiger partial charge in [0.05, 0.1) is 7.11 Å². The van der Waals surface area contributed by atoms with Crippen molar-refractivity contribution in [2.75, 3.05) is 13.7 Å². The number of methoxy groups -OCH3 is 1. The first kappa shape index (κ1) is 19.1. The number of benzene rings is 2. The SMILES string of the molecule is CCC(Oc1ccc(Cl)c(C)c1)C(=O)NCCc1ccc(OC)cc1. The Bertz CT molecular complexity index is 701. The molecule has 0 radical (unpaired) electrons. The molecule has 1 N–H and O–H groups in total. The zero-order valence-electron chi connectivity index (χ0n) is 14.8. The molecule has 2 aromatic carbocycles. The van der Waals surface area contributed by atoms with E-state index in [-0.39, 0.29) is 5.91 Å². The van der Waals surface area contributed by atoms with Crippen LogP contribution in [0, 0.1) is 6.92 Å². The summed E-state index contributed by atoms with van der Waals surface area (Å²) in [6.45, 7) is 4.40. The summed E-state index contributed by atoms with van der Waals surface area (Å²) in [7, 11) is 1.64. The Morgan fingerprint density at radius 3 is 2.44 bits per heavy atom. The smallest absolute Gasteiger partial charge is 0.261 e. The largest absolute Gasteiger partial charge is 0.497 e. The Hall–Kier alpha value is -2.20. The molecular weight excluding hydrogens is 338 g/mol. The normalized spacial score (nSPS) is 11.7. The number of hydrogen-bond acceptors (Lipinski definition) is 3. The molecule has 0 aliphatic carbocycles. The quantitative estimate of drug-likeness (QED) is 0.767. The maximum atomic E-state index is 12.3. The standard InChI is InChI=1S/C20H24ClNO3/c1-4-19(25-17-9-10-18(21)14(2)13-17)20(23)22-12-11-15-5-7-16(24-3)8-6-15/h5-10,13,19H,4,11-12H2,1-3H3,(H,22,23). The molecule has 2 aromatic rings. The summed E-state index contributed by atoms with van der Waals surface area (Å²) in [5.41, 5.74) is 2.07. The summed E-state index contributed by atoms with van der Waals surface area (Å²) >= 11 is 6.02. The first-order valence-electron chi connectivity index (χ1n) is 8.37. The zero-order valence-corrected chi connectivity index (χ0v) is 15.6. The number of hydrogen-bond donors (Lipinski definition) is 1. The highest BCUT2D eigenvalue weighted by molar-refractivity contribution is 6.31. The van der Waals surface area contributed by atoms with E-state index in [9.17, 15) is 4.79 Å². The van der Waals surface area contributed by atoms with Crippen LogP contribution in [0.5, 0.6) is 11.5 Å². The van der Waals surface area contributed by atoms with E-state index in [1.165, 1.54) is 0 Å². The molecule has 134 valence electrons. The van der Waals surface area contributed by atoms with Gasteiger partial charge in [-0.15, -0.1) is 0 Å². The third-order valence-electron chi connectivity index (χ3n) is 3.94. The van der Waals surface area contributed by atoms with Crippen molar-refractivity contribution in [1.29, 1.82) is 0 Å². The van der Waals surface area contributed by atoms with Crippen molar-refractivity contribution in [1.82, 2.24) is 5.32 Å². The van der Waals surface area contributed by atoms with E-state index in [0.717, 1.165) is 23.3 Å². The van der Waals surface area contributed by atoms with Gasteiger partial charge in [0.15, 0.2) is 6.10 Å². The predicted molar refractivity (Wildman–Crippen MR) is 101 cm³/mol. The summed E-state index contributed by atoms with van der Waals surface area (Å²) in [5.74, 6) is 1.37. The van der Waals surface area contributed by atoms with Crippen LogP contribution in [-0.2, 0) is 11.2 Å². The van der Waals surface area contributed by atoms with E-state index in [0.29, 0.717) is 23.7 Å². The Kier molecular flexibility index (Phi) is 7.14. The fourth-order valence-electron chi connectivity index (χ4n) is 2.41. The maximum Gasteiger partial charge on any atom is 0.261 e. The number of rotatable bonds is 8. The third kappa shape index (κ3) is 5.68. The van der Waals surface area contributed by atoms with Crippen molar-refractivity contribution in [3.05, 3.63) is 58.6 Å². The van der Waals surface area contributed by atoms with Gasteiger partial charge >= 0.3 is 0 Å². The van der Waals surface area contributed by atoms with Crippen molar-refractivity contribution in [3.8, 4) is 11.5 Å². The number of carbonyl (C=O) groups excluding carboxylic acids is 1. The predicted octanol–water partition coefficient (Wildman–Crippen LogP) is 4.17. The first-order valence-corrected chi connectivity index (χ1v) is 8.74. The van der Waals surface area contributed by atoms with Crippen LogP contribution in [-0.4, -0.2) is 25.7 Å². The van der Waals surface area contributed by atoms with Gasteiger partial charge in [-0.05, 0) is 61.2 Å². The Labute approximate surface area is 154 Å². The van der Waals surface area contributed by atoms with Crippen molar-refractivity contribution in [3.63, 3.8) is 0 Å². The van der Waals surface area contributed by atoms with Crippen molar-refractivity contribution in [2.45, 2.75) is 32.8 Å². The molecule has 0 saturated heterocycles. The van der Waals surface area contributed by atoms with Gasteiger partial charge in [0.2, 0.25) is 0 Å². The van der Waals surface area contributed by atoms with Gasteiger partial charge < -0.3 is 14.8 Å². The topological polar surface area (TPSA) is 47.6 Å². The monoisotopic (exact) mass is 361 g/mol. The second-order valence-corrected chi connectivity index (χ2v) is 6.22. The molecule has 0 fully saturated rings. The van der Waals surface area contributed by atoms with Crippen LogP contribution in [0.2, 0.25) is 5.02 Å². The molecule has 25 heavy (non-hydrogen) atoms. The molecule has 0 aliphatic rings. The lowest BCUT2D eigenvalue weighted by atomic mass is 10.1. The molecule has 0 spiro atoms. The van der Waals surface area contributed by atoms with Crippen LogP contribution >= 0.6 is 11.6 Å². The van der Waals surface area contributed by atoms with E-state index >= 15 is 0 Å². The minimum Gasteiger partial charge on any atom is -0.497 e. The summed E-state index contributed by atoms with van der Waals surface area (Å²) in [6, 6.07) is 13.2. The number of amides is 1. The number of nitrogens with one attached hydrogen (secondary N) is 1. The van der Waals surface area contributed by atoms with Crippen LogP contribution in [0.3, 0.4) is 0 Å². The fraction of sp³-hybridized carbons (Fsp3) is 0.350. The second kappa shape index (κ2) is 9.33. The van der Waals surface area contributed by atoms with Gasteiger partial charge in [-0.25, -0.2) is 0 Å². The molecule has 0 aliphatic heterocycles. The molecule has 0 aromatic heterocycles. The van der Waals surface area contributed by atoms with E-state index in [2.05, 4.69) is 5.32 Å². The highest BCUT2D eigenvalue weighted by Crippen LogP contribution is 2.22. The van der Waals surface area contributed by atoms with Crippen molar-refractivity contribution >= 4 is 17.5 Å². The summed E-state index contributed by atoms with van der Waals surface area (Å²) in [5, 5.41) is 3.62. The number of halogens is 1. The lowest BCUT2D eigenvalue weighted by molar-refractivity contribution is -0.128. The van der Waals surface area contributed by atoms with Crippen molar-refractivity contribution in [2.24, 2.45) is 0 Å². The Balaban J connectivity index is 1.85. The van der Waals surface area contributed by atoms with Gasteiger partial charge in [-0.2, -0.15) is 0 Å². The molecule has 0 saturated carbocycles. The lowest BCUT2D eigenvalue weighted by Crippen LogP contribution is -2.38. The van der Waals surface area contributed by atoms with Gasteiger partial charge in [0.1, 0.15) is 11.5 Å². The van der Waals surface area contributed by atoms with E-state index in [4.69, 9.17) is 21.1 Å². The molecule has 2 rings (SSSR count). The highest BCUT2D eigenvalue weighted by atomic mass is 35.5. The zero-order chi connectivity index (χ0) is 18.2. The van der Waals surface area contributed by atoms with E-state index < -0.39 is 6.10 Å². The van der Waals surface area contributed by atoms with Crippen molar-refractivity contribution < 1.29 is 14.3 Å². The van der Waals surface area contributed by atoms with Gasteiger partial charge in [0, 0.05) is 11.6 Å². The Morgan fingerprint density at radius 1 is 1.16 bits per heavy atom. The minimum atomic E-state index is -0.517. The van der Waals surface area contributed by atoms with Crippen LogP contribution in [0.25, 0.3) is 0 Å². The van der Waals surface area contributed by atoms with Gasteiger partial charge in [-0.3, -0.25) is 4.79 Å². The average molecular weight is 362 g/mol. The first-order chi connectivity index (χ1) is 12.0. The molecule has 1 amide bonds. The van der Waals surface area contributed by atoms with E-state index in [1.807, 2.05) is 44.2 Å². The van der Waals surface area contributed by atoms with E-state index in [1.54, 1.807) is 19.2 Å². The molecule has 4 nitrogen and oxygen atoms in total. The third-order valence-corrected chi connectivity index (χ3v) is 4.37. The van der Waals surface area contributed by atoms with Crippen LogP contribution < -0.4 is 14.8 Å². The maximum absolute atomic E-state index is 12.3. The average Bonchev–Trinajstić information content (AvgIpc) is 2.63. The number of aryl methyl sites for hydroxylation is 1. The molecule has 1 unspecified atom stereocenters. The highest BCUT2D eigenvalue weighted by Gasteiger charge is 2.18. The summed E-state index contributed by atoms with van der Waals surface area (Å²) in [4.78, 5) is 12.3. The van der Waals surface area contributed by atoms with Gasteiger partial charge in [-0.1, -0.05) is 30.7 Å². The molecule has 0 bridgehead atoms. The minimum absolute atomic E-state index is 0.108.